The molecule has 0 spiro atoms. The predicted octanol–water partition coefficient (Wildman–Crippen LogP) is 1.99. The van der Waals surface area contributed by atoms with Crippen molar-refractivity contribution in [2.24, 2.45) is 16.9 Å². The molecule has 2 saturated carbocycles. The molecule has 88 valence electrons. The molecule has 2 aliphatic carbocycles. The summed E-state index contributed by atoms with van der Waals surface area (Å²) >= 11 is 0. The average Bonchev–Trinajstić information content (AvgIpc) is 2.99. The predicted molar refractivity (Wildman–Crippen MR) is 64.6 cm³/mol. The van der Waals surface area contributed by atoms with E-state index in [1.807, 2.05) is 0 Å². The quantitative estimate of drug-likeness (QED) is 0.788. The average molecular weight is 229 g/mol. The number of hydrogen-bond donors (Lipinski definition) is 1. The number of pyridine rings is 1. The maximum Gasteiger partial charge on any atom is 0.271 e. The molecule has 1 aromatic rings. The van der Waals surface area contributed by atoms with Crippen LogP contribution in [0.5, 0.6) is 0 Å². The molecule has 2 unspecified atom stereocenters. The number of hydrogen-bond acceptors (Lipinski definition) is 3. The molecule has 1 amide bonds. The van der Waals surface area contributed by atoms with Gasteiger partial charge in [-0.05, 0) is 49.7 Å². The zero-order chi connectivity index (χ0) is 11.7. The lowest BCUT2D eigenvalue weighted by Gasteiger charge is -2.11. The fourth-order valence-electron chi connectivity index (χ4n) is 2.85. The highest BCUT2D eigenvalue weighted by Crippen LogP contribution is 2.42. The first-order valence-electron chi connectivity index (χ1n) is 6.10. The smallest absolute Gasteiger partial charge is 0.267 e. The maximum absolute atomic E-state index is 11.8. The first kappa shape index (κ1) is 10.4. The minimum atomic E-state index is -0.150. The first-order valence-corrected chi connectivity index (χ1v) is 6.10. The molecule has 2 aliphatic rings. The molecule has 3 rings (SSSR count). The Balaban J connectivity index is 1.65. The fraction of sp³-hybridized carbons (Fsp3) is 0.462. The minimum Gasteiger partial charge on any atom is -0.267 e. The van der Waals surface area contributed by atoms with Crippen LogP contribution in [0.3, 0.4) is 0 Å². The van der Waals surface area contributed by atoms with Crippen LogP contribution in [0.25, 0.3) is 0 Å². The van der Waals surface area contributed by atoms with Crippen molar-refractivity contribution in [1.29, 1.82) is 0 Å². The van der Waals surface area contributed by atoms with Crippen molar-refractivity contribution in [3.05, 3.63) is 30.1 Å². The normalized spacial score (nSPS) is 28.6. The van der Waals surface area contributed by atoms with Crippen molar-refractivity contribution in [2.45, 2.75) is 25.7 Å². The van der Waals surface area contributed by atoms with Crippen molar-refractivity contribution >= 4 is 11.6 Å². The zero-order valence-electron chi connectivity index (χ0n) is 9.60. The molecule has 17 heavy (non-hydrogen) atoms. The van der Waals surface area contributed by atoms with Gasteiger partial charge in [0.25, 0.3) is 5.91 Å². The summed E-state index contributed by atoms with van der Waals surface area (Å²) in [6.07, 6.45) is 8.14. The lowest BCUT2D eigenvalue weighted by atomic mass is 9.99. The Morgan fingerprint density at radius 3 is 2.82 bits per heavy atom. The van der Waals surface area contributed by atoms with Gasteiger partial charge in [-0.3, -0.25) is 9.78 Å². The number of amides is 1. The molecule has 2 fully saturated rings. The van der Waals surface area contributed by atoms with Crippen LogP contribution in [-0.2, 0) is 0 Å². The van der Waals surface area contributed by atoms with E-state index in [1.165, 1.54) is 25.0 Å². The third-order valence-electron chi connectivity index (χ3n) is 3.75. The molecule has 0 saturated heterocycles. The molecule has 0 radical (unpaired) electrons. The van der Waals surface area contributed by atoms with Gasteiger partial charge in [0.05, 0.1) is 0 Å². The van der Waals surface area contributed by atoms with Gasteiger partial charge in [0.1, 0.15) is 0 Å². The van der Waals surface area contributed by atoms with E-state index in [4.69, 9.17) is 0 Å². The number of aromatic nitrogens is 1. The monoisotopic (exact) mass is 229 g/mol. The van der Waals surface area contributed by atoms with Crippen LogP contribution < -0.4 is 5.43 Å². The van der Waals surface area contributed by atoms with E-state index in [9.17, 15) is 4.79 Å². The highest BCUT2D eigenvalue weighted by atomic mass is 16.2. The summed E-state index contributed by atoms with van der Waals surface area (Å²) in [5.74, 6) is 1.29. The molecule has 0 aromatic carbocycles. The number of carbonyl (C=O) groups excluding carboxylic acids is 1. The van der Waals surface area contributed by atoms with Gasteiger partial charge in [-0.1, -0.05) is 0 Å². The first-order chi connectivity index (χ1) is 8.33. The number of fused-ring (bicyclic) bond motifs is 2. The van der Waals surface area contributed by atoms with Crippen LogP contribution in [0.15, 0.2) is 29.6 Å². The van der Waals surface area contributed by atoms with Crippen molar-refractivity contribution in [3.63, 3.8) is 0 Å². The van der Waals surface area contributed by atoms with E-state index in [2.05, 4.69) is 15.5 Å². The van der Waals surface area contributed by atoms with Crippen molar-refractivity contribution in [3.8, 4) is 0 Å². The Morgan fingerprint density at radius 2 is 2.18 bits per heavy atom. The third-order valence-corrected chi connectivity index (χ3v) is 3.75. The highest BCUT2D eigenvalue weighted by Gasteiger charge is 2.36. The summed E-state index contributed by atoms with van der Waals surface area (Å²) in [7, 11) is 0. The Morgan fingerprint density at radius 1 is 1.35 bits per heavy atom. The topological polar surface area (TPSA) is 54.4 Å². The SMILES string of the molecule is O=C(N/N=C1/CC2CCC1C2)c1ccncc1. The molecule has 2 bridgehead atoms. The van der Waals surface area contributed by atoms with E-state index in [1.54, 1.807) is 24.5 Å². The number of nitrogens with one attached hydrogen (secondary N) is 1. The number of nitrogens with zero attached hydrogens (tertiary/aromatic N) is 2. The van der Waals surface area contributed by atoms with Gasteiger partial charge in [-0.15, -0.1) is 0 Å². The van der Waals surface area contributed by atoms with Gasteiger partial charge < -0.3 is 0 Å². The van der Waals surface area contributed by atoms with Gasteiger partial charge >= 0.3 is 0 Å². The van der Waals surface area contributed by atoms with Gasteiger partial charge in [0.15, 0.2) is 0 Å². The largest absolute Gasteiger partial charge is 0.271 e. The van der Waals surface area contributed by atoms with Crippen molar-refractivity contribution < 1.29 is 4.79 Å². The summed E-state index contributed by atoms with van der Waals surface area (Å²) in [4.78, 5) is 15.6. The van der Waals surface area contributed by atoms with Crippen molar-refractivity contribution in [2.75, 3.05) is 0 Å². The standard InChI is InChI=1S/C13H15N3O/c17-13(10-3-5-14-6-4-10)16-15-12-8-9-1-2-11(12)7-9/h3-6,9,11H,1-2,7-8H2,(H,16,17)/b15-12-. The Kier molecular flexibility index (Phi) is 2.63. The Labute approximate surface area is 100 Å². The third kappa shape index (κ3) is 2.07. The molecule has 0 aliphatic heterocycles. The Bertz CT molecular complexity index is 455. The number of hydrazone groups is 1. The summed E-state index contributed by atoms with van der Waals surface area (Å²) in [5, 5.41) is 4.28. The van der Waals surface area contributed by atoms with Gasteiger partial charge in [-0.25, -0.2) is 5.43 Å². The lowest BCUT2D eigenvalue weighted by Crippen LogP contribution is -2.21. The molecule has 4 heteroatoms. The minimum absolute atomic E-state index is 0.150. The van der Waals surface area contributed by atoms with E-state index in [-0.39, 0.29) is 5.91 Å². The molecule has 1 aromatic heterocycles. The van der Waals surface area contributed by atoms with Gasteiger partial charge in [0.2, 0.25) is 0 Å². The molecule has 1 heterocycles. The maximum atomic E-state index is 11.8. The van der Waals surface area contributed by atoms with E-state index in [0.29, 0.717) is 11.5 Å². The van der Waals surface area contributed by atoms with Crippen LogP contribution >= 0.6 is 0 Å². The summed E-state index contributed by atoms with van der Waals surface area (Å²) in [5.41, 5.74) is 4.44. The van der Waals surface area contributed by atoms with Crippen LogP contribution in [0, 0.1) is 11.8 Å². The van der Waals surface area contributed by atoms with Gasteiger partial charge in [0, 0.05) is 23.7 Å². The molecule has 4 nitrogen and oxygen atoms in total. The van der Waals surface area contributed by atoms with E-state index < -0.39 is 0 Å². The van der Waals surface area contributed by atoms with Crippen molar-refractivity contribution in [1.82, 2.24) is 10.4 Å². The van der Waals surface area contributed by atoms with Crippen LogP contribution in [-0.4, -0.2) is 16.6 Å². The second-order valence-corrected chi connectivity index (χ2v) is 4.86. The van der Waals surface area contributed by atoms with E-state index >= 15 is 0 Å². The van der Waals surface area contributed by atoms with Crippen LogP contribution in [0.2, 0.25) is 0 Å². The lowest BCUT2D eigenvalue weighted by molar-refractivity contribution is 0.0954. The summed E-state index contributed by atoms with van der Waals surface area (Å²) < 4.78 is 0. The van der Waals surface area contributed by atoms with Crippen LogP contribution in [0.1, 0.15) is 36.0 Å². The molecular formula is C13H15N3O. The second-order valence-electron chi connectivity index (χ2n) is 4.86. The van der Waals surface area contributed by atoms with Crippen LogP contribution in [0.4, 0.5) is 0 Å². The summed E-state index contributed by atoms with van der Waals surface area (Å²) in [6, 6.07) is 3.38. The molecular weight excluding hydrogens is 214 g/mol. The fourth-order valence-corrected chi connectivity index (χ4v) is 2.85. The summed E-state index contributed by atoms with van der Waals surface area (Å²) in [6.45, 7) is 0. The van der Waals surface area contributed by atoms with Gasteiger partial charge in [-0.2, -0.15) is 5.10 Å². The number of rotatable bonds is 2. The second kappa shape index (κ2) is 4.28. The molecule has 1 N–H and O–H groups in total. The zero-order valence-corrected chi connectivity index (χ0v) is 9.60. The van der Waals surface area contributed by atoms with E-state index in [0.717, 1.165) is 12.3 Å². The molecule has 2 atom stereocenters. The number of carbonyl (C=O) groups is 1. The highest BCUT2D eigenvalue weighted by molar-refractivity contribution is 5.96. The Hall–Kier alpha value is -1.71.